The zero-order valence-corrected chi connectivity index (χ0v) is 11.0. The number of benzene rings is 1. The summed E-state index contributed by atoms with van der Waals surface area (Å²) in [7, 11) is 0. The lowest BCUT2D eigenvalue weighted by Gasteiger charge is -2.28. The number of anilines is 1. The van der Waals surface area contributed by atoms with Gasteiger partial charge in [0.15, 0.2) is 0 Å². The van der Waals surface area contributed by atoms with Gasteiger partial charge in [0.2, 0.25) is 0 Å². The largest absolute Gasteiger partial charge is 0.377 e. The Hall–Kier alpha value is -1.13. The summed E-state index contributed by atoms with van der Waals surface area (Å²) in [6, 6.07) is 4.85. The molecule has 0 saturated carbocycles. The second-order valence-electron chi connectivity index (χ2n) is 4.94. The van der Waals surface area contributed by atoms with Gasteiger partial charge >= 0.3 is 0 Å². The molecule has 2 atom stereocenters. The van der Waals surface area contributed by atoms with Gasteiger partial charge in [-0.3, -0.25) is 0 Å². The highest BCUT2D eigenvalue weighted by atomic mass is 19.1. The van der Waals surface area contributed by atoms with Crippen molar-refractivity contribution in [2.45, 2.75) is 32.4 Å². The van der Waals surface area contributed by atoms with Crippen molar-refractivity contribution >= 4 is 5.69 Å². The van der Waals surface area contributed by atoms with Gasteiger partial charge in [0.05, 0.1) is 6.10 Å². The molecule has 4 heteroatoms. The van der Waals surface area contributed by atoms with E-state index >= 15 is 0 Å². The monoisotopic (exact) mass is 252 g/mol. The van der Waals surface area contributed by atoms with Gasteiger partial charge in [-0.2, -0.15) is 0 Å². The van der Waals surface area contributed by atoms with E-state index in [-0.39, 0.29) is 18.0 Å². The first-order valence-electron chi connectivity index (χ1n) is 6.50. The third-order valence-electron chi connectivity index (χ3n) is 3.28. The highest BCUT2D eigenvalue weighted by molar-refractivity contribution is 5.55. The Labute approximate surface area is 108 Å². The summed E-state index contributed by atoms with van der Waals surface area (Å²) < 4.78 is 19.5. The molecule has 0 bridgehead atoms. The van der Waals surface area contributed by atoms with Gasteiger partial charge in [0.1, 0.15) is 5.82 Å². The van der Waals surface area contributed by atoms with Crippen molar-refractivity contribution in [1.82, 2.24) is 0 Å². The molecule has 18 heavy (non-hydrogen) atoms. The number of rotatable bonds is 2. The maximum atomic E-state index is 13.9. The van der Waals surface area contributed by atoms with Gasteiger partial charge in [-0.05, 0) is 32.4 Å². The Balaban J connectivity index is 2.34. The first-order chi connectivity index (χ1) is 8.59. The van der Waals surface area contributed by atoms with Crippen LogP contribution in [0.15, 0.2) is 18.2 Å². The van der Waals surface area contributed by atoms with Crippen LogP contribution in [0, 0.1) is 5.82 Å². The van der Waals surface area contributed by atoms with Crippen LogP contribution in [0.2, 0.25) is 0 Å². The van der Waals surface area contributed by atoms with Gasteiger partial charge < -0.3 is 15.4 Å². The summed E-state index contributed by atoms with van der Waals surface area (Å²) in [5, 5.41) is 0. The molecule has 2 N–H and O–H groups in total. The van der Waals surface area contributed by atoms with Crippen LogP contribution in [0.4, 0.5) is 10.1 Å². The van der Waals surface area contributed by atoms with E-state index in [1.54, 1.807) is 6.07 Å². The van der Waals surface area contributed by atoms with Crippen molar-refractivity contribution in [3.05, 3.63) is 29.6 Å². The Bertz CT molecular complexity index is 409. The molecule has 0 spiro atoms. The fourth-order valence-corrected chi connectivity index (χ4v) is 2.47. The van der Waals surface area contributed by atoms with Gasteiger partial charge in [-0.15, -0.1) is 0 Å². The normalized spacial score (nSPS) is 22.7. The van der Waals surface area contributed by atoms with Crippen LogP contribution >= 0.6 is 0 Å². The number of nitrogens with zero attached hydrogens (tertiary/aromatic N) is 1. The lowest BCUT2D eigenvalue weighted by molar-refractivity contribution is 0.0820. The SMILES string of the molecule is CC1CN(c2cccc(F)c2[C@H](C)N)CCCO1. The minimum absolute atomic E-state index is 0.164. The van der Waals surface area contributed by atoms with Crippen molar-refractivity contribution in [3.8, 4) is 0 Å². The van der Waals surface area contributed by atoms with Gasteiger partial charge in [0, 0.05) is 37.0 Å². The molecule has 0 aromatic heterocycles. The molecule has 0 aliphatic carbocycles. The Kier molecular flexibility index (Phi) is 4.19. The zero-order chi connectivity index (χ0) is 13.1. The Morgan fingerprint density at radius 3 is 3.00 bits per heavy atom. The first kappa shape index (κ1) is 13.3. The number of hydrogen-bond donors (Lipinski definition) is 1. The molecule has 1 fully saturated rings. The van der Waals surface area contributed by atoms with E-state index < -0.39 is 0 Å². The van der Waals surface area contributed by atoms with Crippen molar-refractivity contribution < 1.29 is 9.13 Å². The van der Waals surface area contributed by atoms with Gasteiger partial charge in [0.25, 0.3) is 0 Å². The van der Waals surface area contributed by atoms with E-state index in [9.17, 15) is 4.39 Å². The number of ether oxygens (including phenoxy) is 1. The van der Waals surface area contributed by atoms with Crippen molar-refractivity contribution in [2.75, 3.05) is 24.6 Å². The molecule has 100 valence electrons. The van der Waals surface area contributed by atoms with E-state index in [0.717, 1.165) is 31.8 Å². The van der Waals surface area contributed by atoms with Crippen molar-refractivity contribution in [1.29, 1.82) is 0 Å². The average molecular weight is 252 g/mol. The van der Waals surface area contributed by atoms with Crippen LogP contribution in [0.3, 0.4) is 0 Å². The predicted octanol–water partition coefficient (Wildman–Crippen LogP) is 2.46. The van der Waals surface area contributed by atoms with Crippen LogP contribution in [0.25, 0.3) is 0 Å². The molecule has 0 amide bonds. The van der Waals surface area contributed by atoms with Crippen molar-refractivity contribution in [3.63, 3.8) is 0 Å². The molecular formula is C14H21FN2O. The molecule has 2 rings (SSSR count). The Morgan fingerprint density at radius 2 is 2.28 bits per heavy atom. The topological polar surface area (TPSA) is 38.5 Å². The average Bonchev–Trinajstić information content (AvgIpc) is 2.53. The standard InChI is InChI=1S/C14H21FN2O/c1-10-9-17(7-4-8-18-10)13-6-3-5-12(15)14(13)11(2)16/h3,5-6,10-11H,4,7-9,16H2,1-2H3/t10?,11-/m0/s1. The first-order valence-corrected chi connectivity index (χ1v) is 6.50. The fourth-order valence-electron chi connectivity index (χ4n) is 2.47. The quantitative estimate of drug-likeness (QED) is 0.878. The zero-order valence-electron chi connectivity index (χ0n) is 11.0. The summed E-state index contributed by atoms with van der Waals surface area (Å²) in [4.78, 5) is 2.18. The van der Waals surface area contributed by atoms with Crippen LogP contribution in [-0.2, 0) is 4.74 Å². The predicted molar refractivity (Wildman–Crippen MR) is 71.2 cm³/mol. The van der Waals surface area contributed by atoms with E-state index in [4.69, 9.17) is 10.5 Å². The van der Waals surface area contributed by atoms with Crippen molar-refractivity contribution in [2.24, 2.45) is 5.73 Å². The smallest absolute Gasteiger partial charge is 0.130 e. The van der Waals surface area contributed by atoms with E-state index in [2.05, 4.69) is 4.90 Å². The summed E-state index contributed by atoms with van der Waals surface area (Å²) >= 11 is 0. The lowest BCUT2D eigenvalue weighted by atomic mass is 10.0. The molecule has 1 aromatic rings. The van der Waals surface area contributed by atoms with Crippen LogP contribution in [-0.4, -0.2) is 25.8 Å². The minimum Gasteiger partial charge on any atom is -0.377 e. The van der Waals surface area contributed by atoms with Crippen LogP contribution < -0.4 is 10.6 Å². The highest BCUT2D eigenvalue weighted by Gasteiger charge is 2.21. The fraction of sp³-hybridized carbons (Fsp3) is 0.571. The van der Waals surface area contributed by atoms with E-state index in [0.29, 0.717) is 5.56 Å². The maximum Gasteiger partial charge on any atom is 0.130 e. The molecule has 1 aliphatic rings. The number of halogens is 1. The summed E-state index contributed by atoms with van der Waals surface area (Å²) in [6.07, 6.45) is 1.12. The molecule has 1 unspecified atom stereocenters. The maximum absolute atomic E-state index is 13.9. The molecule has 0 radical (unpaired) electrons. The third-order valence-corrected chi connectivity index (χ3v) is 3.28. The lowest BCUT2D eigenvalue weighted by Crippen LogP contribution is -2.31. The summed E-state index contributed by atoms with van der Waals surface area (Å²) in [6.45, 7) is 6.29. The Morgan fingerprint density at radius 1 is 1.50 bits per heavy atom. The number of nitrogens with two attached hydrogens (primary N) is 1. The highest BCUT2D eigenvalue weighted by Crippen LogP contribution is 2.29. The molecular weight excluding hydrogens is 231 g/mol. The van der Waals surface area contributed by atoms with E-state index in [1.807, 2.05) is 19.9 Å². The van der Waals surface area contributed by atoms with Gasteiger partial charge in [-0.1, -0.05) is 6.07 Å². The third kappa shape index (κ3) is 2.82. The molecule has 3 nitrogen and oxygen atoms in total. The number of hydrogen-bond acceptors (Lipinski definition) is 3. The second kappa shape index (κ2) is 5.67. The van der Waals surface area contributed by atoms with Gasteiger partial charge in [-0.25, -0.2) is 4.39 Å². The summed E-state index contributed by atoms with van der Waals surface area (Å²) in [5.74, 6) is -0.222. The molecule has 1 heterocycles. The molecule has 1 saturated heterocycles. The molecule has 1 aliphatic heterocycles. The van der Waals surface area contributed by atoms with Crippen LogP contribution in [0.5, 0.6) is 0 Å². The van der Waals surface area contributed by atoms with Crippen LogP contribution in [0.1, 0.15) is 31.9 Å². The summed E-state index contributed by atoms with van der Waals surface area (Å²) in [5.41, 5.74) is 7.41. The second-order valence-corrected chi connectivity index (χ2v) is 4.94. The van der Waals surface area contributed by atoms with E-state index in [1.165, 1.54) is 6.07 Å². The minimum atomic E-state index is -0.305. The molecule has 1 aromatic carbocycles.